The molecular formula is C13H17N3O. The van der Waals surface area contributed by atoms with Crippen molar-refractivity contribution in [3.63, 3.8) is 0 Å². The Balaban J connectivity index is 1.76. The molecule has 3 N–H and O–H groups in total. The van der Waals surface area contributed by atoms with Crippen molar-refractivity contribution in [2.24, 2.45) is 0 Å². The van der Waals surface area contributed by atoms with Crippen molar-refractivity contribution >= 4 is 0 Å². The summed E-state index contributed by atoms with van der Waals surface area (Å²) in [5, 5.41) is 9.49. The fraction of sp³-hybridized carbons (Fsp3) is 0.462. The molecule has 1 aliphatic rings. The molecule has 1 aliphatic carbocycles. The van der Waals surface area contributed by atoms with Crippen LogP contribution < -0.4 is 0 Å². The minimum Gasteiger partial charge on any atom is -0.393 e. The van der Waals surface area contributed by atoms with E-state index in [0.717, 1.165) is 42.8 Å². The topological polar surface area (TPSA) is 64.7 Å². The smallest absolute Gasteiger partial charge is 0.109 e. The average Bonchev–Trinajstić information content (AvgIpc) is 3.00. The molecule has 0 bridgehead atoms. The maximum atomic E-state index is 9.49. The van der Waals surface area contributed by atoms with Crippen molar-refractivity contribution in [1.29, 1.82) is 0 Å². The second-order valence-corrected chi connectivity index (χ2v) is 4.79. The van der Waals surface area contributed by atoms with E-state index in [4.69, 9.17) is 0 Å². The number of hydrogen-bond acceptors (Lipinski definition) is 2. The zero-order valence-electron chi connectivity index (χ0n) is 9.69. The van der Waals surface area contributed by atoms with Gasteiger partial charge in [-0.05, 0) is 31.7 Å². The van der Waals surface area contributed by atoms with Crippen LogP contribution in [-0.4, -0.2) is 26.2 Å². The maximum Gasteiger partial charge on any atom is 0.109 e. The van der Waals surface area contributed by atoms with Crippen LogP contribution in [0.15, 0.2) is 24.7 Å². The first kappa shape index (κ1) is 10.6. The first-order chi connectivity index (χ1) is 8.33. The summed E-state index contributed by atoms with van der Waals surface area (Å²) in [7, 11) is 0. The summed E-state index contributed by atoms with van der Waals surface area (Å²) in [6.07, 6.45) is 9.50. The van der Waals surface area contributed by atoms with Crippen LogP contribution in [0.1, 0.15) is 37.4 Å². The van der Waals surface area contributed by atoms with Crippen molar-refractivity contribution in [3.8, 4) is 11.3 Å². The third kappa shape index (κ3) is 2.13. The summed E-state index contributed by atoms with van der Waals surface area (Å²) >= 11 is 0. The van der Waals surface area contributed by atoms with Crippen molar-refractivity contribution in [2.75, 3.05) is 0 Å². The third-order valence-electron chi connectivity index (χ3n) is 3.59. The Morgan fingerprint density at radius 2 is 2.06 bits per heavy atom. The summed E-state index contributed by atoms with van der Waals surface area (Å²) in [5.74, 6) is 1.54. The van der Waals surface area contributed by atoms with Gasteiger partial charge in [-0.3, -0.25) is 0 Å². The lowest BCUT2D eigenvalue weighted by molar-refractivity contribution is 0.121. The van der Waals surface area contributed by atoms with E-state index in [1.54, 1.807) is 0 Å². The first-order valence-electron chi connectivity index (χ1n) is 6.19. The number of rotatable bonds is 2. The van der Waals surface area contributed by atoms with E-state index in [-0.39, 0.29) is 6.10 Å². The quantitative estimate of drug-likeness (QED) is 0.743. The van der Waals surface area contributed by atoms with Gasteiger partial charge in [0.05, 0.1) is 18.0 Å². The Kier molecular flexibility index (Phi) is 2.73. The van der Waals surface area contributed by atoms with Crippen LogP contribution in [-0.2, 0) is 0 Å². The van der Waals surface area contributed by atoms with Crippen LogP contribution in [0, 0.1) is 0 Å². The minimum atomic E-state index is -0.106. The molecule has 0 saturated heterocycles. The van der Waals surface area contributed by atoms with Gasteiger partial charge < -0.3 is 15.1 Å². The van der Waals surface area contributed by atoms with Gasteiger partial charge in [0.15, 0.2) is 0 Å². The van der Waals surface area contributed by atoms with Crippen LogP contribution in [0.5, 0.6) is 0 Å². The molecule has 0 amide bonds. The molecule has 4 heteroatoms. The molecule has 0 aromatic carbocycles. The molecule has 90 valence electrons. The lowest BCUT2D eigenvalue weighted by Gasteiger charge is -2.23. The van der Waals surface area contributed by atoms with Crippen molar-refractivity contribution in [2.45, 2.75) is 37.7 Å². The lowest BCUT2D eigenvalue weighted by Crippen LogP contribution is -2.17. The Morgan fingerprint density at radius 1 is 1.24 bits per heavy atom. The number of H-pyrrole nitrogens is 2. The normalized spacial score (nSPS) is 25.0. The molecule has 0 atom stereocenters. The zero-order chi connectivity index (χ0) is 11.7. The number of nitrogens with zero attached hydrogens (tertiary/aromatic N) is 1. The lowest BCUT2D eigenvalue weighted by atomic mass is 9.87. The highest BCUT2D eigenvalue weighted by atomic mass is 16.3. The molecule has 0 radical (unpaired) electrons. The highest BCUT2D eigenvalue weighted by molar-refractivity contribution is 5.57. The summed E-state index contributed by atoms with van der Waals surface area (Å²) < 4.78 is 0. The fourth-order valence-corrected chi connectivity index (χ4v) is 2.53. The highest BCUT2D eigenvalue weighted by Gasteiger charge is 2.22. The molecule has 2 aromatic heterocycles. The van der Waals surface area contributed by atoms with Gasteiger partial charge in [-0.25, -0.2) is 4.98 Å². The molecule has 0 aliphatic heterocycles. The molecule has 1 saturated carbocycles. The van der Waals surface area contributed by atoms with E-state index in [0.29, 0.717) is 5.92 Å². The molecule has 0 spiro atoms. The van der Waals surface area contributed by atoms with E-state index in [2.05, 4.69) is 15.0 Å². The molecule has 4 nitrogen and oxygen atoms in total. The first-order valence-corrected chi connectivity index (χ1v) is 6.19. The second-order valence-electron chi connectivity index (χ2n) is 4.79. The van der Waals surface area contributed by atoms with Gasteiger partial charge in [-0.2, -0.15) is 0 Å². The van der Waals surface area contributed by atoms with E-state index in [1.165, 1.54) is 0 Å². The van der Waals surface area contributed by atoms with Crippen molar-refractivity contribution in [3.05, 3.63) is 30.5 Å². The summed E-state index contributed by atoms with van der Waals surface area (Å²) in [5.41, 5.74) is 2.20. The molecule has 2 heterocycles. The molecule has 1 fully saturated rings. The van der Waals surface area contributed by atoms with Crippen LogP contribution in [0.25, 0.3) is 11.3 Å². The van der Waals surface area contributed by atoms with E-state index >= 15 is 0 Å². The Labute approximate surface area is 100 Å². The van der Waals surface area contributed by atoms with Crippen molar-refractivity contribution in [1.82, 2.24) is 15.0 Å². The van der Waals surface area contributed by atoms with Crippen LogP contribution in [0.4, 0.5) is 0 Å². The monoisotopic (exact) mass is 231 g/mol. The third-order valence-corrected chi connectivity index (χ3v) is 3.59. The number of imidazole rings is 1. The largest absolute Gasteiger partial charge is 0.393 e. The number of aromatic amines is 2. The summed E-state index contributed by atoms with van der Waals surface area (Å²) in [4.78, 5) is 10.9. The number of aliphatic hydroxyl groups is 1. The maximum absolute atomic E-state index is 9.49. The predicted octanol–water partition coefficient (Wildman–Crippen LogP) is 2.42. The molecule has 2 aromatic rings. The number of aliphatic hydroxyl groups excluding tert-OH is 1. The predicted molar refractivity (Wildman–Crippen MR) is 65.6 cm³/mol. The van der Waals surface area contributed by atoms with Gasteiger partial charge in [-0.1, -0.05) is 0 Å². The minimum absolute atomic E-state index is 0.106. The number of hydrogen-bond donors (Lipinski definition) is 3. The van der Waals surface area contributed by atoms with E-state index in [9.17, 15) is 5.11 Å². The molecular weight excluding hydrogens is 214 g/mol. The molecule has 17 heavy (non-hydrogen) atoms. The average molecular weight is 231 g/mol. The van der Waals surface area contributed by atoms with E-state index < -0.39 is 0 Å². The molecule has 3 rings (SSSR count). The van der Waals surface area contributed by atoms with Gasteiger partial charge in [0.2, 0.25) is 0 Å². The summed E-state index contributed by atoms with van der Waals surface area (Å²) in [6, 6.07) is 2.03. The SMILES string of the molecule is OC1CCC(c2ncc(-c3cc[nH]c3)[nH]2)CC1. The fourth-order valence-electron chi connectivity index (χ4n) is 2.53. The zero-order valence-corrected chi connectivity index (χ0v) is 9.69. The summed E-state index contributed by atoms with van der Waals surface area (Å²) in [6.45, 7) is 0. The van der Waals surface area contributed by atoms with Crippen molar-refractivity contribution < 1.29 is 5.11 Å². The van der Waals surface area contributed by atoms with Crippen LogP contribution in [0.3, 0.4) is 0 Å². The van der Waals surface area contributed by atoms with Crippen LogP contribution >= 0.6 is 0 Å². The van der Waals surface area contributed by atoms with Crippen LogP contribution in [0.2, 0.25) is 0 Å². The Bertz CT molecular complexity index is 467. The van der Waals surface area contributed by atoms with Gasteiger partial charge in [0, 0.05) is 23.9 Å². The van der Waals surface area contributed by atoms with Gasteiger partial charge in [0.1, 0.15) is 5.82 Å². The standard InChI is InChI=1S/C13H17N3O/c17-11-3-1-9(2-4-11)13-15-8-12(16-13)10-5-6-14-7-10/h5-9,11,14,17H,1-4H2,(H,15,16). The second kappa shape index (κ2) is 4.37. The van der Waals surface area contributed by atoms with Gasteiger partial charge in [0.25, 0.3) is 0 Å². The number of aromatic nitrogens is 3. The number of nitrogens with one attached hydrogen (secondary N) is 2. The molecule has 0 unspecified atom stereocenters. The van der Waals surface area contributed by atoms with E-state index in [1.807, 2.05) is 24.7 Å². The Morgan fingerprint density at radius 3 is 2.76 bits per heavy atom. The Hall–Kier alpha value is -1.55. The van der Waals surface area contributed by atoms with Gasteiger partial charge >= 0.3 is 0 Å². The van der Waals surface area contributed by atoms with Gasteiger partial charge in [-0.15, -0.1) is 0 Å². The highest BCUT2D eigenvalue weighted by Crippen LogP contribution is 2.32.